The summed E-state index contributed by atoms with van der Waals surface area (Å²) in [5, 5.41) is 7.73. The molecule has 0 aliphatic heterocycles. The first-order valence-electron chi connectivity index (χ1n) is 6.47. The lowest BCUT2D eigenvalue weighted by atomic mass is 10.3. The standard InChI is InChI=1S/C13H21N5/c1-4-14-7-12-8-17(10-15-12)9-13-6-11(3)16-18(13)5-2/h6,8,10,14H,4-5,7,9H2,1-3H3. The molecule has 2 rings (SSSR count). The smallest absolute Gasteiger partial charge is 0.0953 e. The van der Waals surface area contributed by atoms with Gasteiger partial charge in [-0.2, -0.15) is 5.10 Å². The summed E-state index contributed by atoms with van der Waals surface area (Å²) in [4.78, 5) is 4.38. The van der Waals surface area contributed by atoms with Gasteiger partial charge in [0.1, 0.15) is 0 Å². The second-order valence-electron chi connectivity index (χ2n) is 4.41. The fraction of sp³-hybridized carbons (Fsp3) is 0.538. The van der Waals surface area contributed by atoms with E-state index in [1.54, 1.807) is 0 Å². The molecule has 0 aromatic carbocycles. The van der Waals surface area contributed by atoms with Crippen LogP contribution in [0.25, 0.3) is 0 Å². The van der Waals surface area contributed by atoms with E-state index in [9.17, 15) is 0 Å². The summed E-state index contributed by atoms with van der Waals surface area (Å²) >= 11 is 0. The summed E-state index contributed by atoms with van der Waals surface area (Å²) in [5.74, 6) is 0. The third-order valence-electron chi connectivity index (χ3n) is 2.87. The maximum atomic E-state index is 4.45. The second kappa shape index (κ2) is 5.82. The zero-order valence-corrected chi connectivity index (χ0v) is 11.3. The van der Waals surface area contributed by atoms with Crippen molar-refractivity contribution in [3.63, 3.8) is 0 Å². The number of imidazole rings is 1. The molecule has 0 spiro atoms. The SMILES string of the molecule is CCNCc1cn(Cc2cc(C)nn2CC)cn1. The van der Waals surface area contributed by atoms with Crippen LogP contribution in [0.3, 0.4) is 0 Å². The van der Waals surface area contributed by atoms with Gasteiger partial charge in [-0.25, -0.2) is 4.98 Å². The first kappa shape index (κ1) is 12.8. The number of rotatable bonds is 6. The summed E-state index contributed by atoms with van der Waals surface area (Å²) in [5.41, 5.74) is 3.37. The second-order valence-corrected chi connectivity index (χ2v) is 4.41. The molecule has 0 aliphatic rings. The van der Waals surface area contributed by atoms with E-state index in [1.807, 2.05) is 17.9 Å². The van der Waals surface area contributed by atoms with E-state index >= 15 is 0 Å². The van der Waals surface area contributed by atoms with E-state index in [2.05, 4.69) is 46.1 Å². The van der Waals surface area contributed by atoms with Crippen LogP contribution in [-0.4, -0.2) is 25.9 Å². The van der Waals surface area contributed by atoms with Gasteiger partial charge in [-0.3, -0.25) is 4.68 Å². The molecule has 0 atom stereocenters. The molecule has 0 amide bonds. The number of aryl methyl sites for hydroxylation is 2. The van der Waals surface area contributed by atoms with Crippen LogP contribution in [0.5, 0.6) is 0 Å². The first-order valence-corrected chi connectivity index (χ1v) is 6.47. The van der Waals surface area contributed by atoms with Crippen LogP contribution in [0.4, 0.5) is 0 Å². The average molecular weight is 247 g/mol. The highest BCUT2D eigenvalue weighted by Gasteiger charge is 2.05. The van der Waals surface area contributed by atoms with Gasteiger partial charge in [0.25, 0.3) is 0 Å². The molecular weight excluding hydrogens is 226 g/mol. The molecular formula is C13H21N5. The molecule has 2 heterocycles. The molecule has 2 aromatic rings. The van der Waals surface area contributed by atoms with Gasteiger partial charge in [0.15, 0.2) is 0 Å². The molecule has 0 aliphatic carbocycles. The van der Waals surface area contributed by atoms with Crippen LogP contribution >= 0.6 is 0 Å². The van der Waals surface area contributed by atoms with Crippen LogP contribution in [0.2, 0.25) is 0 Å². The minimum Gasteiger partial charge on any atom is -0.331 e. The van der Waals surface area contributed by atoms with Crippen molar-refractivity contribution in [3.8, 4) is 0 Å². The molecule has 0 saturated heterocycles. The van der Waals surface area contributed by atoms with Crippen LogP contribution in [0, 0.1) is 6.92 Å². The lowest BCUT2D eigenvalue weighted by Crippen LogP contribution is -2.12. The summed E-state index contributed by atoms with van der Waals surface area (Å²) < 4.78 is 4.15. The van der Waals surface area contributed by atoms with E-state index in [0.717, 1.165) is 37.6 Å². The highest BCUT2D eigenvalue weighted by Crippen LogP contribution is 2.07. The van der Waals surface area contributed by atoms with Crippen molar-refractivity contribution in [2.24, 2.45) is 0 Å². The third-order valence-corrected chi connectivity index (χ3v) is 2.87. The van der Waals surface area contributed by atoms with Crippen molar-refractivity contribution in [3.05, 3.63) is 35.7 Å². The Balaban J connectivity index is 2.06. The molecule has 2 aromatic heterocycles. The molecule has 5 heteroatoms. The van der Waals surface area contributed by atoms with Gasteiger partial charge in [-0.15, -0.1) is 0 Å². The van der Waals surface area contributed by atoms with Gasteiger partial charge < -0.3 is 9.88 Å². The Hall–Kier alpha value is -1.62. The Kier molecular flexibility index (Phi) is 4.15. The van der Waals surface area contributed by atoms with Gasteiger partial charge in [-0.1, -0.05) is 6.92 Å². The fourth-order valence-corrected chi connectivity index (χ4v) is 2.02. The zero-order valence-electron chi connectivity index (χ0n) is 11.3. The van der Waals surface area contributed by atoms with Crippen molar-refractivity contribution in [1.82, 2.24) is 24.6 Å². The Morgan fingerprint density at radius 3 is 2.89 bits per heavy atom. The normalized spacial score (nSPS) is 11.1. The topological polar surface area (TPSA) is 47.7 Å². The molecule has 0 radical (unpaired) electrons. The van der Waals surface area contributed by atoms with E-state index in [1.165, 1.54) is 5.69 Å². The maximum Gasteiger partial charge on any atom is 0.0953 e. The van der Waals surface area contributed by atoms with Gasteiger partial charge in [-0.05, 0) is 26.5 Å². The van der Waals surface area contributed by atoms with Crippen LogP contribution in [0.15, 0.2) is 18.6 Å². The van der Waals surface area contributed by atoms with Gasteiger partial charge >= 0.3 is 0 Å². The van der Waals surface area contributed by atoms with Gasteiger partial charge in [0.2, 0.25) is 0 Å². The zero-order chi connectivity index (χ0) is 13.0. The van der Waals surface area contributed by atoms with Crippen molar-refractivity contribution in [2.75, 3.05) is 6.54 Å². The lowest BCUT2D eigenvalue weighted by molar-refractivity contribution is 0.597. The molecule has 0 bridgehead atoms. The van der Waals surface area contributed by atoms with Crippen molar-refractivity contribution >= 4 is 0 Å². The maximum absolute atomic E-state index is 4.45. The highest BCUT2D eigenvalue weighted by atomic mass is 15.3. The predicted molar refractivity (Wildman–Crippen MR) is 71.3 cm³/mol. The fourth-order valence-electron chi connectivity index (χ4n) is 2.02. The lowest BCUT2D eigenvalue weighted by Gasteiger charge is -2.04. The minimum absolute atomic E-state index is 0.827. The molecule has 0 unspecified atom stereocenters. The molecule has 1 N–H and O–H groups in total. The molecule has 5 nitrogen and oxygen atoms in total. The number of aromatic nitrogens is 4. The molecule has 98 valence electrons. The van der Waals surface area contributed by atoms with Gasteiger partial charge in [0, 0.05) is 19.3 Å². The van der Waals surface area contributed by atoms with Crippen molar-refractivity contribution < 1.29 is 0 Å². The minimum atomic E-state index is 0.827. The Morgan fingerprint density at radius 2 is 2.17 bits per heavy atom. The van der Waals surface area contributed by atoms with Crippen LogP contribution in [0.1, 0.15) is 30.9 Å². The van der Waals surface area contributed by atoms with Crippen LogP contribution in [-0.2, 0) is 19.6 Å². The number of hydrogen-bond acceptors (Lipinski definition) is 3. The average Bonchev–Trinajstić information content (AvgIpc) is 2.94. The molecule has 0 saturated carbocycles. The summed E-state index contributed by atoms with van der Waals surface area (Å²) in [6, 6.07) is 2.13. The van der Waals surface area contributed by atoms with Crippen LogP contribution < -0.4 is 5.32 Å². The summed E-state index contributed by atoms with van der Waals surface area (Å²) in [6.07, 6.45) is 3.97. The molecule has 18 heavy (non-hydrogen) atoms. The van der Waals surface area contributed by atoms with Crippen molar-refractivity contribution in [2.45, 2.75) is 40.4 Å². The number of nitrogens with zero attached hydrogens (tertiary/aromatic N) is 4. The summed E-state index contributed by atoms with van der Waals surface area (Å²) in [6.45, 7) is 9.76. The monoisotopic (exact) mass is 247 g/mol. The van der Waals surface area contributed by atoms with Crippen molar-refractivity contribution in [1.29, 1.82) is 0 Å². The predicted octanol–water partition coefficient (Wildman–Crippen LogP) is 1.57. The summed E-state index contributed by atoms with van der Waals surface area (Å²) in [7, 11) is 0. The van der Waals surface area contributed by atoms with E-state index in [4.69, 9.17) is 0 Å². The number of nitrogens with one attached hydrogen (secondary N) is 1. The Bertz CT molecular complexity index is 497. The largest absolute Gasteiger partial charge is 0.331 e. The third kappa shape index (κ3) is 2.98. The highest BCUT2D eigenvalue weighted by molar-refractivity contribution is 5.10. The van der Waals surface area contributed by atoms with Gasteiger partial charge in [0.05, 0.1) is 30.0 Å². The quantitative estimate of drug-likeness (QED) is 0.843. The Morgan fingerprint density at radius 1 is 1.33 bits per heavy atom. The first-order chi connectivity index (χ1) is 8.72. The Labute approximate surface area is 108 Å². The van der Waals surface area contributed by atoms with E-state index in [-0.39, 0.29) is 0 Å². The van der Waals surface area contributed by atoms with E-state index in [0.29, 0.717) is 0 Å². The number of hydrogen-bond donors (Lipinski definition) is 1. The molecule has 0 fully saturated rings. The van der Waals surface area contributed by atoms with E-state index < -0.39 is 0 Å².